The van der Waals surface area contributed by atoms with Crippen LogP contribution in [-0.2, 0) is 16.8 Å². The number of para-hydroxylation sites is 1. The standard InChI is InChI=1S/C10H9NO2S.Na/c12-14(13)7-9-4-1-3-8-5-2-6-11-10(8)9;/h1-6H,7H2,(H,12,13);/q;+1/p-1. The maximum absolute atomic E-state index is 10.6. The normalized spacial score (nSPS) is 12.1. The summed E-state index contributed by atoms with van der Waals surface area (Å²) in [7, 11) is 0. The van der Waals surface area contributed by atoms with Gasteiger partial charge in [-0.15, -0.1) is 0 Å². The third-order valence-electron chi connectivity index (χ3n) is 1.99. The molecule has 0 N–H and O–H groups in total. The molecule has 72 valence electrons. The Morgan fingerprint density at radius 2 is 2.00 bits per heavy atom. The first-order valence-electron chi connectivity index (χ1n) is 4.16. The molecule has 0 saturated heterocycles. The van der Waals surface area contributed by atoms with E-state index >= 15 is 0 Å². The molecule has 1 atom stereocenters. The van der Waals surface area contributed by atoms with Crippen LogP contribution in [0, 0.1) is 0 Å². The quantitative estimate of drug-likeness (QED) is 0.471. The summed E-state index contributed by atoms with van der Waals surface area (Å²) in [6.45, 7) is 0. The zero-order chi connectivity index (χ0) is 9.97. The van der Waals surface area contributed by atoms with E-state index in [9.17, 15) is 8.76 Å². The van der Waals surface area contributed by atoms with Gasteiger partial charge in [0.15, 0.2) is 0 Å². The summed E-state index contributed by atoms with van der Waals surface area (Å²) in [5, 5.41) is 0.968. The molecule has 2 rings (SSSR count). The van der Waals surface area contributed by atoms with E-state index in [2.05, 4.69) is 4.98 Å². The van der Waals surface area contributed by atoms with Crippen LogP contribution in [-0.4, -0.2) is 13.7 Å². The average Bonchev–Trinajstić information content (AvgIpc) is 2.18. The number of pyridine rings is 1. The van der Waals surface area contributed by atoms with Crippen molar-refractivity contribution >= 4 is 22.0 Å². The van der Waals surface area contributed by atoms with Gasteiger partial charge in [-0.1, -0.05) is 35.3 Å². The van der Waals surface area contributed by atoms with Gasteiger partial charge < -0.3 is 4.55 Å². The fourth-order valence-electron chi connectivity index (χ4n) is 1.41. The molecular weight excluding hydrogens is 221 g/mol. The molecular formula is C10H8NNaO2S. The Hall–Kier alpha value is -0.260. The van der Waals surface area contributed by atoms with E-state index in [1.165, 1.54) is 0 Å². The summed E-state index contributed by atoms with van der Waals surface area (Å²) in [5.74, 6) is 0.0222. The van der Waals surface area contributed by atoms with Crippen molar-refractivity contribution in [3.63, 3.8) is 0 Å². The van der Waals surface area contributed by atoms with Crippen LogP contribution in [0.5, 0.6) is 0 Å². The van der Waals surface area contributed by atoms with Gasteiger partial charge in [-0.05, 0) is 11.6 Å². The molecule has 0 radical (unpaired) electrons. The van der Waals surface area contributed by atoms with E-state index in [0.717, 1.165) is 16.5 Å². The molecule has 0 aliphatic heterocycles. The number of nitrogens with zero attached hydrogens (tertiary/aromatic N) is 1. The molecule has 15 heavy (non-hydrogen) atoms. The average molecular weight is 229 g/mol. The molecule has 3 nitrogen and oxygen atoms in total. The molecule has 2 aromatic rings. The first-order chi connectivity index (χ1) is 6.77. The zero-order valence-electron chi connectivity index (χ0n) is 8.34. The Morgan fingerprint density at radius 3 is 2.73 bits per heavy atom. The number of benzene rings is 1. The van der Waals surface area contributed by atoms with Crippen molar-refractivity contribution in [1.82, 2.24) is 4.98 Å². The van der Waals surface area contributed by atoms with Crippen LogP contribution < -0.4 is 29.6 Å². The van der Waals surface area contributed by atoms with Crippen molar-refractivity contribution in [2.75, 3.05) is 0 Å². The topological polar surface area (TPSA) is 53.0 Å². The maximum Gasteiger partial charge on any atom is 1.00 e. The van der Waals surface area contributed by atoms with E-state index in [1.807, 2.05) is 24.3 Å². The van der Waals surface area contributed by atoms with Gasteiger partial charge in [0, 0.05) is 17.3 Å². The van der Waals surface area contributed by atoms with Gasteiger partial charge in [0.2, 0.25) is 0 Å². The summed E-state index contributed by atoms with van der Waals surface area (Å²) in [5.41, 5.74) is 1.51. The summed E-state index contributed by atoms with van der Waals surface area (Å²) in [6.07, 6.45) is 1.67. The number of fused-ring (bicyclic) bond motifs is 1. The Bertz CT molecular complexity index is 484. The summed E-state index contributed by atoms with van der Waals surface area (Å²) in [6, 6.07) is 9.29. The molecule has 1 aromatic carbocycles. The second kappa shape index (κ2) is 5.72. The predicted octanol–water partition coefficient (Wildman–Crippen LogP) is -1.38. The Balaban J connectivity index is 0.00000112. The summed E-state index contributed by atoms with van der Waals surface area (Å²) < 4.78 is 21.2. The first kappa shape index (κ1) is 12.8. The maximum atomic E-state index is 10.6. The van der Waals surface area contributed by atoms with Crippen molar-refractivity contribution in [1.29, 1.82) is 0 Å². The first-order valence-corrected chi connectivity index (χ1v) is 5.40. The van der Waals surface area contributed by atoms with Gasteiger partial charge in [-0.3, -0.25) is 9.19 Å². The van der Waals surface area contributed by atoms with Crippen LogP contribution in [0.4, 0.5) is 0 Å². The van der Waals surface area contributed by atoms with Crippen LogP contribution in [0.1, 0.15) is 5.56 Å². The van der Waals surface area contributed by atoms with Crippen molar-refractivity contribution < 1.29 is 38.3 Å². The molecule has 0 aliphatic rings. The SMILES string of the molecule is O=S([O-])Cc1cccc2cccnc12.[Na+]. The smallest absolute Gasteiger partial charge is 0.772 e. The molecule has 1 aromatic heterocycles. The van der Waals surface area contributed by atoms with Gasteiger partial charge >= 0.3 is 29.6 Å². The van der Waals surface area contributed by atoms with E-state index in [1.54, 1.807) is 12.3 Å². The second-order valence-corrected chi connectivity index (χ2v) is 3.84. The molecule has 0 bridgehead atoms. The van der Waals surface area contributed by atoms with Crippen LogP contribution in [0.25, 0.3) is 10.9 Å². The molecule has 1 unspecified atom stereocenters. The molecule has 0 aliphatic carbocycles. The third kappa shape index (κ3) is 3.09. The van der Waals surface area contributed by atoms with E-state index in [0.29, 0.717) is 0 Å². The summed E-state index contributed by atoms with van der Waals surface area (Å²) in [4.78, 5) is 4.16. The fraction of sp³-hybridized carbons (Fsp3) is 0.100. The van der Waals surface area contributed by atoms with E-state index in [-0.39, 0.29) is 35.3 Å². The Kier molecular flexibility index (Phi) is 4.89. The molecule has 0 fully saturated rings. The van der Waals surface area contributed by atoms with Crippen molar-refractivity contribution in [3.8, 4) is 0 Å². The van der Waals surface area contributed by atoms with Gasteiger partial charge in [-0.2, -0.15) is 0 Å². The van der Waals surface area contributed by atoms with Gasteiger partial charge in [0.1, 0.15) is 0 Å². The van der Waals surface area contributed by atoms with Crippen molar-refractivity contribution in [3.05, 3.63) is 42.1 Å². The van der Waals surface area contributed by atoms with Crippen LogP contribution in [0.3, 0.4) is 0 Å². The molecule has 0 saturated carbocycles. The molecule has 0 amide bonds. The number of hydrogen-bond acceptors (Lipinski definition) is 3. The monoisotopic (exact) mass is 229 g/mol. The largest absolute Gasteiger partial charge is 1.00 e. The number of rotatable bonds is 2. The van der Waals surface area contributed by atoms with Crippen LogP contribution in [0.15, 0.2) is 36.5 Å². The van der Waals surface area contributed by atoms with Crippen molar-refractivity contribution in [2.45, 2.75) is 5.75 Å². The molecule has 0 spiro atoms. The minimum Gasteiger partial charge on any atom is -0.772 e. The molecule has 5 heteroatoms. The minimum absolute atomic E-state index is 0. The minimum atomic E-state index is -2.06. The number of hydrogen-bond donors (Lipinski definition) is 0. The van der Waals surface area contributed by atoms with Crippen LogP contribution in [0.2, 0.25) is 0 Å². The van der Waals surface area contributed by atoms with Gasteiger partial charge in [-0.25, -0.2) is 0 Å². The predicted molar refractivity (Wildman–Crippen MR) is 54.4 cm³/mol. The van der Waals surface area contributed by atoms with Gasteiger partial charge in [0.05, 0.1) is 5.52 Å². The second-order valence-electron chi connectivity index (χ2n) is 2.94. The zero-order valence-corrected chi connectivity index (χ0v) is 11.2. The number of aromatic nitrogens is 1. The summed E-state index contributed by atoms with van der Waals surface area (Å²) >= 11 is -2.06. The Labute approximate surface area is 112 Å². The third-order valence-corrected chi connectivity index (χ3v) is 2.54. The molecule has 1 heterocycles. The van der Waals surface area contributed by atoms with Crippen molar-refractivity contribution in [2.24, 2.45) is 0 Å². The van der Waals surface area contributed by atoms with E-state index in [4.69, 9.17) is 0 Å². The fourth-order valence-corrected chi connectivity index (χ4v) is 1.90. The van der Waals surface area contributed by atoms with Crippen LogP contribution >= 0.6 is 0 Å². The Morgan fingerprint density at radius 1 is 1.27 bits per heavy atom. The van der Waals surface area contributed by atoms with E-state index < -0.39 is 11.1 Å². The van der Waals surface area contributed by atoms with Gasteiger partial charge in [0.25, 0.3) is 0 Å².